The van der Waals surface area contributed by atoms with Crippen molar-refractivity contribution in [1.82, 2.24) is 4.98 Å². The summed E-state index contributed by atoms with van der Waals surface area (Å²) in [5.41, 5.74) is 0.432. The Bertz CT molecular complexity index is 544. The van der Waals surface area contributed by atoms with Crippen molar-refractivity contribution in [3.05, 3.63) is 33.2 Å². The number of carbonyl (C=O) groups is 2. The van der Waals surface area contributed by atoms with E-state index in [1.54, 1.807) is 0 Å². The summed E-state index contributed by atoms with van der Waals surface area (Å²) < 4.78 is 4.49. The van der Waals surface area contributed by atoms with Crippen LogP contribution in [0, 0.1) is 5.92 Å². The lowest BCUT2D eigenvalue weighted by atomic mass is 9.86. The summed E-state index contributed by atoms with van der Waals surface area (Å²) in [5, 5.41) is 0. The Kier molecular flexibility index (Phi) is 2.83. The van der Waals surface area contributed by atoms with Gasteiger partial charge in [-0.05, 0) is 18.4 Å². The summed E-state index contributed by atoms with van der Waals surface area (Å²) in [7, 11) is 1.20. The van der Waals surface area contributed by atoms with Gasteiger partial charge in [0.25, 0.3) is 5.56 Å². The van der Waals surface area contributed by atoms with Crippen LogP contribution in [0.3, 0.4) is 0 Å². The van der Waals surface area contributed by atoms with E-state index in [4.69, 9.17) is 0 Å². The van der Waals surface area contributed by atoms with Crippen molar-refractivity contribution in [3.63, 3.8) is 0 Å². The number of H-pyrrole nitrogens is 1. The molecule has 0 aromatic carbocycles. The van der Waals surface area contributed by atoms with Crippen LogP contribution in [0.25, 0.3) is 0 Å². The number of rotatable bonds is 1. The molecular formula is C12H13NO4. The lowest BCUT2D eigenvalue weighted by molar-refractivity contribution is 0.0598. The maximum Gasteiger partial charge on any atom is 0.343 e. The Hall–Kier alpha value is -1.91. The minimum atomic E-state index is -0.722. The predicted molar refractivity (Wildman–Crippen MR) is 60.2 cm³/mol. The molecule has 1 atom stereocenters. The van der Waals surface area contributed by atoms with Crippen molar-refractivity contribution in [2.75, 3.05) is 7.11 Å². The number of carbonyl (C=O) groups excluding carboxylic acids is 2. The first-order chi connectivity index (χ1) is 8.02. The fourth-order valence-electron chi connectivity index (χ4n) is 2.09. The highest BCUT2D eigenvalue weighted by Crippen LogP contribution is 2.23. The van der Waals surface area contributed by atoms with Crippen molar-refractivity contribution in [3.8, 4) is 0 Å². The van der Waals surface area contributed by atoms with Crippen molar-refractivity contribution >= 4 is 11.8 Å². The molecule has 2 rings (SSSR count). The number of fused-ring (bicyclic) bond motifs is 1. The molecule has 1 aliphatic carbocycles. The van der Waals surface area contributed by atoms with Crippen LogP contribution in [-0.4, -0.2) is 23.8 Å². The summed E-state index contributed by atoms with van der Waals surface area (Å²) in [4.78, 5) is 37.4. The van der Waals surface area contributed by atoms with E-state index < -0.39 is 11.5 Å². The molecule has 1 heterocycles. The number of Topliss-reactive ketones (excluding diaryl/α,β-unsaturated/α-hetero) is 1. The second kappa shape index (κ2) is 4.16. The zero-order chi connectivity index (χ0) is 12.6. The molecule has 1 N–H and O–H groups in total. The van der Waals surface area contributed by atoms with Crippen LogP contribution in [0.5, 0.6) is 0 Å². The van der Waals surface area contributed by atoms with Gasteiger partial charge in [0.2, 0.25) is 0 Å². The van der Waals surface area contributed by atoms with Crippen LogP contribution in [0.1, 0.15) is 39.8 Å². The molecule has 0 saturated carbocycles. The van der Waals surface area contributed by atoms with E-state index in [1.165, 1.54) is 13.2 Å². The molecule has 0 unspecified atom stereocenters. The van der Waals surface area contributed by atoms with Crippen molar-refractivity contribution < 1.29 is 14.3 Å². The molecule has 0 amide bonds. The molecule has 0 fully saturated rings. The highest BCUT2D eigenvalue weighted by atomic mass is 16.5. The maximum atomic E-state index is 11.8. The van der Waals surface area contributed by atoms with Gasteiger partial charge in [-0.15, -0.1) is 0 Å². The molecule has 17 heavy (non-hydrogen) atoms. The van der Waals surface area contributed by atoms with Gasteiger partial charge in [-0.1, -0.05) is 6.92 Å². The average Bonchev–Trinajstić information content (AvgIpc) is 2.27. The number of ether oxygens (including phenoxy) is 1. The number of nitrogens with one attached hydrogen (secondary N) is 1. The number of aromatic amines is 1. The standard InChI is InChI=1S/C12H13NO4/c1-6-3-9-7(10(14)4-6)5-8(11(15)13-9)12(16)17-2/h5-6H,3-4H2,1-2H3,(H,13,15)/t6-/m1/s1. The summed E-state index contributed by atoms with van der Waals surface area (Å²) in [6, 6.07) is 1.34. The van der Waals surface area contributed by atoms with E-state index in [9.17, 15) is 14.4 Å². The van der Waals surface area contributed by atoms with E-state index in [1.807, 2.05) is 6.92 Å². The fraction of sp³-hybridized carbons (Fsp3) is 0.417. The lowest BCUT2D eigenvalue weighted by Gasteiger charge is -2.20. The van der Waals surface area contributed by atoms with Gasteiger partial charge in [-0.3, -0.25) is 9.59 Å². The molecule has 1 aliphatic rings. The molecule has 0 spiro atoms. The van der Waals surface area contributed by atoms with E-state index in [2.05, 4.69) is 9.72 Å². The molecule has 1 aromatic heterocycles. The van der Waals surface area contributed by atoms with E-state index in [-0.39, 0.29) is 17.3 Å². The van der Waals surface area contributed by atoms with Gasteiger partial charge in [0.05, 0.1) is 7.11 Å². The zero-order valence-electron chi connectivity index (χ0n) is 9.70. The minimum Gasteiger partial charge on any atom is -0.465 e. The van der Waals surface area contributed by atoms with Crippen LogP contribution in [0.2, 0.25) is 0 Å². The van der Waals surface area contributed by atoms with Gasteiger partial charge >= 0.3 is 5.97 Å². The Morgan fingerprint density at radius 3 is 2.76 bits per heavy atom. The fourth-order valence-corrected chi connectivity index (χ4v) is 2.09. The second-order valence-electron chi connectivity index (χ2n) is 4.33. The molecule has 0 saturated heterocycles. The van der Waals surface area contributed by atoms with Crippen molar-refractivity contribution in [2.45, 2.75) is 19.8 Å². The predicted octanol–water partition coefficient (Wildman–Crippen LogP) is 0.926. The SMILES string of the molecule is COC(=O)c1cc2c([nH]c1=O)C[C@@H](C)CC2=O. The highest BCUT2D eigenvalue weighted by molar-refractivity contribution is 6.00. The van der Waals surface area contributed by atoms with Crippen LogP contribution < -0.4 is 5.56 Å². The molecule has 5 nitrogen and oxygen atoms in total. The third-order valence-electron chi connectivity index (χ3n) is 2.91. The first-order valence-electron chi connectivity index (χ1n) is 5.40. The number of ketones is 1. The number of methoxy groups -OCH3 is 1. The van der Waals surface area contributed by atoms with Crippen LogP contribution in [0.15, 0.2) is 10.9 Å². The number of aromatic nitrogens is 1. The zero-order valence-corrected chi connectivity index (χ0v) is 9.70. The van der Waals surface area contributed by atoms with Crippen molar-refractivity contribution in [2.24, 2.45) is 5.92 Å². The summed E-state index contributed by atoms with van der Waals surface area (Å²) in [6.45, 7) is 1.95. The first-order valence-corrected chi connectivity index (χ1v) is 5.40. The van der Waals surface area contributed by atoms with Crippen LogP contribution in [0.4, 0.5) is 0 Å². The van der Waals surface area contributed by atoms with Gasteiger partial charge in [-0.2, -0.15) is 0 Å². The molecule has 0 aliphatic heterocycles. The van der Waals surface area contributed by atoms with E-state index in [0.29, 0.717) is 24.1 Å². The minimum absolute atomic E-state index is 0.0415. The number of pyridine rings is 1. The normalized spacial score (nSPS) is 18.7. The largest absolute Gasteiger partial charge is 0.465 e. The van der Waals surface area contributed by atoms with E-state index >= 15 is 0 Å². The molecule has 1 aromatic rings. The monoisotopic (exact) mass is 235 g/mol. The second-order valence-corrected chi connectivity index (χ2v) is 4.33. The lowest BCUT2D eigenvalue weighted by Crippen LogP contribution is -2.27. The van der Waals surface area contributed by atoms with E-state index in [0.717, 1.165) is 0 Å². The van der Waals surface area contributed by atoms with Gasteiger partial charge in [0.1, 0.15) is 5.56 Å². The van der Waals surface area contributed by atoms with Gasteiger partial charge in [0.15, 0.2) is 5.78 Å². The van der Waals surface area contributed by atoms with Gasteiger partial charge in [0, 0.05) is 17.7 Å². The summed E-state index contributed by atoms with van der Waals surface area (Å²) in [6.07, 6.45) is 1.09. The number of esters is 1. The third-order valence-corrected chi connectivity index (χ3v) is 2.91. The van der Waals surface area contributed by atoms with Crippen LogP contribution >= 0.6 is 0 Å². The first kappa shape index (κ1) is 11.6. The third kappa shape index (κ3) is 2.00. The Morgan fingerprint density at radius 1 is 1.41 bits per heavy atom. The molecule has 5 heteroatoms. The smallest absolute Gasteiger partial charge is 0.343 e. The van der Waals surface area contributed by atoms with Crippen LogP contribution in [-0.2, 0) is 11.2 Å². The van der Waals surface area contributed by atoms with Gasteiger partial charge < -0.3 is 9.72 Å². The van der Waals surface area contributed by atoms with Crippen molar-refractivity contribution in [1.29, 1.82) is 0 Å². The molecular weight excluding hydrogens is 222 g/mol. The molecule has 0 bridgehead atoms. The van der Waals surface area contributed by atoms with Gasteiger partial charge in [-0.25, -0.2) is 4.79 Å². The Balaban J connectivity index is 2.56. The average molecular weight is 235 g/mol. The number of hydrogen-bond acceptors (Lipinski definition) is 4. The molecule has 0 radical (unpaired) electrons. The quantitative estimate of drug-likeness (QED) is 0.734. The Labute approximate surface area is 97.8 Å². The summed E-state index contributed by atoms with van der Waals surface area (Å²) in [5.74, 6) is -0.546. The number of hydrogen-bond donors (Lipinski definition) is 1. The highest BCUT2D eigenvalue weighted by Gasteiger charge is 2.25. The maximum absolute atomic E-state index is 11.8. The summed E-state index contributed by atoms with van der Waals surface area (Å²) >= 11 is 0. The molecule has 90 valence electrons. The topological polar surface area (TPSA) is 76.2 Å². The Morgan fingerprint density at radius 2 is 2.12 bits per heavy atom.